The van der Waals surface area contributed by atoms with Gasteiger partial charge in [0.2, 0.25) is 11.8 Å². The number of hydrogen-bond donors (Lipinski definition) is 2. The van der Waals surface area contributed by atoms with Gasteiger partial charge in [0.15, 0.2) is 0 Å². The summed E-state index contributed by atoms with van der Waals surface area (Å²) in [5.74, 6) is 1.23. The normalized spacial score (nSPS) is 15.8. The Hall–Kier alpha value is -1.62. The number of amides is 1. The number of rotatable bonds is 8. The summed E-state index contributed by atoms with van der Waals surface area (Å²) < 4.78 is 5.61. The largest absolute Gasteiger partial charge is 0.477 e. The third-order valence-electron chi connectivity index (χ3n) is 3.62. The van der Waals surface area contributed by atoms with Crippen LogP contribution in [-0.4, -0.2) is 28.7 Å². The van der Waals surface area contributed by atoms with E-state index in [9.17, 15) is 9.90 Å². The van der Waals surface area contributed by atoms with E-state index in [0.29, 0.717) is 18.3 Å². The molecule has 1 aliphatic rings. The number of aromatic nitrogens is 1. The van der Waals surface area contributed by atoms with Crippen molar-refractivity contribution in [1.29, 1.82) is 0 Å². The van der Waals surface area contributed by atoms with Crippen molar-refractivity contribution in [3.63, 3.8) is 0 Å². The summed E-state index contributed by atoms with van der Waals surface area (Å²) in [5.41, 5.74) is 0.947. The van der Waals surface area contributed by atoms with E-state index in [-0.39, 0.29) is 18.2 Å². The van der Waals surface area contributed by atoms with Gasteiger partial charge in [-0.2, -0.15) is 0 Å². The van der Waals surface area contributed by atoms with Crippen LogP contribution in [0.4, 0.5) is 0 Å². The number of pyridine rings is 1. The van der Waals surface area contributed by atoms with E-state index in [1.165, 1.54) is 12.8 Å². The summed E-state index contributed by atoms with van der Waals surface area (Å²) in [5, 5.41) is 12.5. The summed E-state index contributed by atoms with van der Waals surface area (Å²) in [6.07, 6.45) is 3.71. The molecule has 1 aromatic heterocycles. The van der Waals surface area contributed by atoms with Gasteiger partial charge in [0.1, 0.15) is 0 Å². The highest BCUT2D eigenvalue weighted by Crippen LogP contribution is 2.29. The molecule has 1 heterocycles. The lowest BCUT2D eigenvalue weighted by molar-refractivity contribution is -0.123. The topological polar surface area (TPSA) is 71.5 Å². The molecule has 0 aromatic carbocycles. The van der Waals surface area contributed by atoms with E-state index in [2.05, 4.69) is 10.3 Å². The van der Waals surface area contributed by atoms with Gasteiger partial charge in [-0.25, -0.2) is 4.98 Å². The number of carbonyl (C=O) groups is 1. The van der Waals surface area contributed by atoms with Crippen LogP contribution in [-0.2, 0) is 11.3 Å². The van der Waals surface area contributed by atoms with E-state index >= 15 is 0 Å². The lowest BCUT2D eigenvalue weighted by Gasteiger charge is -2.14. The molecule has 5 heteroatoms. The molecule has 0 saturated heterocycles. The highest BCUT2D eigenvalue weighted by Gasteiger charge is 2.22. The predicted molar refractivity (Wildman–Crippen MR) is 79.8 cm³/mol. The average molecular weight is 292 g/mol. The van der Waals surface area contributed by atoms with Gasteiger partial charge in [0.05, 0.1) is 19.1 Å². The van der Waals surface area contributed by atoms with E-state index in [4.69, 9.17) is 4.74 Å². The standard InChI is InChI=1S/C16H24N2O3/c1-11(2)14(19)8-15(20)18-9-13-5-6-17-16(7-13)21-10-12-3-4-12/h5-7,11-12,14,19H,3-4,8-10H2,1-2H3,(H,18,20). The molecule has 0 spiro atoms. The van der Waals surface area contributed by atoms with Gasteiger partial charge in [-0.1, -0.05) is 13.8 Å². The zero-order chi connectivity index (χ0) is 15.2. The van der Waals surface area contributed by atoms with Crippen molar-refractivity contribution >= 4 is 5.91 Å². The fourth-order valence-electron chi connectivity index (χ4n) is 1.83. The van der Waals surface area contributed by atoms with Crippen LogP contribution in [0.15, 0.2) is 18.3 Å². The summed E-state index contributed by atoms with van der Waals surface area (Å²) in [6, 6.07) is 3.70. The number of ether oxygens (including phenoxy) is 1. The van der Waals surface area contributed by atoms with Crippen LogP contribution < -0.4 is 10.1 Å². The molecule has 0 aliphatic heterocycles. The molecule has 21 heavy (non-hydrogen) atoms. The second-order valence-electron chi connectivity index (χ2n) is 6.05. The van der Waals surface area contributed by atoms with Crippen LogP contribution in [0.5, 0.6) is 5.88 Å². The maximum absolute atomic E-state index is 11.7. The molecule has 2 rings (SSSR count). The van der Waals surface area contributed by atoms with Crippen molar-refractivity contribution in [2.75, 3.05) is 6.61 Å². The number of aliphatic hydroxyl groups is 1. The van der Waals surface area contributed by atoms with Gasteiger partial charge < -0.3 is 15.2 Å². The molecule has 1 aliphatic carbocycles. The minimum Gasteiger partial charge on any atom is -0.477 e. The third kappa shape index (κ3) is 5.71. The van der Waals surface area contributed by atoms with Crippen LogP contribution in [0.3, 0.4) is 0 Å². The Bertz CT molecular complexity index is 472. The van der Waals surface area contributed by atoms with Gasteiger partial charge in [-0.15, -0.1) is 0 Å². The summed E-state index contributed by atoms with van der Waals surface area (Å²) in [7, 11) is 0. The molecule has 1 unspecified atom stereocenters. The Balaban J connectivity index is 1.76. The molecule has 5 nitrogen and oxygen atoms in total. The van der Waals surface area contributed by atoms with Crippen molar-refractivity contribution in [3.8, 4) is 5.88 Å². The van der Waals surface area contributed by atoms with Crippen LogP contribution in [0, 0.1) is 11.8 Å². The highest BCUT2D eigenvalue weighted by atomic mass is 16.5. The van der Waals surface area contributed by atoms with E-state index in [1.807, 2.05) is 26.0 Å². The first-order valence-corrected chi connectivity index (χ1v) is 7.57. The zero-order valence-corrected chi connectivity index (χ0v) is 12.7. The molecule has 1 atom stereocenters. The van der Waals surface area contributed by atoms with Crippen molar-refractivity contribution in [2.24, 2.45) is 11.8 Å². The minimum atomic E-state index is -0.597. The number of carbonyl (C=O) groups excluding carboxylic acids is 1. The van der Waals surface area contributed by atoms with Crippen molar-refractivity contribution < 1.29 is 14.6 Å². The number of nitrogens with zero attached hydrogens (tertiary/aromatic N) is 1. The second-order valence-corrected chi connectivity index (χ2v) is 6.05. The Morgan fingerprint density at radius 3 is 2.95 bits per heavy atom. The van der Waals surface area contributed by atoms with Crippen molar-refractivity contribution in [1.82, 2.24) is 10.3 Å². The van der Waals surface area contributed by atoms with Crippen LogP contribution >= 0.6 is 0 Å². The van der Waals surface area contributed by atoms with Crippen molar-refractivity contribution in [3.05, 3.63) is 23.9 Å². The molecular formula is C16H24N2O3. The lowest BCUT2D eigenvalue weighted by Crippen LogP contribution is -2.29. The number of aliphatic hydroxyl groups excluding tert-OH is 1. The van der Waals surface area contributed by atoms with Gasteiger partial charge >= 0.3 is 0 Å². The molecule has 0 radical (unpaired) electrons. The Kier molecular flexibility index (Phi) is 5.56. The first-order valence-electron chi connectivity index (χ1n) is 7.57. The number of nitrogens with one attached hydrogen (secondary N) is 1. The molecular weight excluding hydrogens is 268 g/mol. The smallest absolute Gasteiger partial charge is 0.222 e. The molecule has 2 N–H and O–H groups in total. The highest BCUT2D eigenvalue weighted by molar-refractivity contribution is 5.76. The van der Waals surface area contributed by atoms with Crippen molar-refractivity contribution in [2.45, 2.75) is 45.8 Å². The number of hydrogen-bond acceptors (Lipinski definition) is 4. The predicted octanol–water partition coefficient (Wildman–Crippen LogP) is 1.89. The van der Waals surface area contributed by atoms with E-state index < -0.39 is 6.10 Å². The molecule has 1 amide bonds. The summed E-state index contributed by atoms with van der Waals surface area (Å²) in [4.78, 5) is 15.9. The summed E-state index contributed by atoms with van der Waals surface area (Å²) >= 11 is 0. The quantitative estimate of drug-likeness (QED) is 0.767. The minimum absolute atomic E-state index is 0.0825. The van der Waals surface area contributed by atoms with E-state index in [1.54, 1.807) is 6.20 Å². The fraction of sp³-hybridized carbons (Fsp3) is 0.625. The Morgan fingerprint density at radius 1 is 1.52 bits per heavy atom. The van der Waals surface area contributed by atoms with Gasteiger partial charge in [0, 0.05) is 18.8 Å². The second kappa shape index (κ2) is 7.41. The van der Waals surface area contributed by atoms with E-state index in [0.717, 1.165) is 12.2 Å². The molecule has 116 valence electrons. The average Bonchev–Trinajstić information content (AvgIpc) is 3.27. The molecule has 1 saturated carbocycles. The van der Waals surface area contributed by atoms with Gasteiger partial charge in [-0.05, 0) is 36.3 Å². The van der Waals surface area contributed by atoms with Crippen LogP contribution in [0.25, 0.3) is 0 Å². The monoisotopic (exact) mass is 292 g/mol. The first kappa shape index (κ1) is 15.8. The fourth-order valence-corrected chi connectivity index (χ4v) is 1.83. The Morgan fingerprint density at radius 2 is 2.29 bits per heavy atom. The van der Waals surface area contributed by atoms with Gasteiger partial charge in [0.25, 0.3) is 0 Å². The first-order chi connectivity index (χ1) is 10.0. The summed E-state index contributed by atoms with van der Waals surface area (Å²) in [6.45, 7) is 4.93. The third-order valence-corrected chi connectivity index (χ3v) is 3.62. The van der Waals surface area contributed by atoms with Gasteiger partial charge in [-0.3, -0.25) is 4.79 Å². The lowest BCUT2D eigenvalue weighted by atomic mass is 10.0. The maximum Gasteiger partial charge on any atom is 0.222 e. The molecule has 0 bridgehead atoms. The SMILES string of the molecule is CC(C)C(O)CC(=O)NCc1ccnc(OCC2CC2)c1. The zero-order valence-electron chi connectivity index (χ0n) is 12.7. The maximum atomic E-state index is 11.7. The molecule has 1 aromatic rings. The van der Waals surface area contributed by atoms with Crippen LogP contribution in [0.1, 0.15) is 38.7 Å². The Labute approximate surface area is 125 Å². The van der Waals surface area contributed by atoms with Crippen LogP contribution in [0.2, 0.25) is 0 Å². The molecule has 1 fully saturated rings.